The maximum atomic E-state index is 12.0. The molecule has 4 nitrogen and oxygen atoms in total. The van der Waals surface area contributed by atoms with E-state index in [2.05, 4.69) is 11.9 Å². The van der Waals surface area contributed by atoms with Crippen LogP contribution >= 0.6 is 24.8 Å². The number of nitrogens with two attached hydrogens (primary N) is 1. The molecule has 1 heterocycles. The van der Waals surface area contributed by atoms with Crippen molar-refractivity contribution in [1.29, 1.82) is 0 Å². The Morgan fingerprint density at radius 1 is 1.24 bits per heavy atom. The number of amides is 1. The fourth-order valence-electron chi connectivity index (χ4n) is 2.88. The number of carbonyl (C=O) groups excluding carboxylic acids is 1. The lowest BCUT2D eigenvalue weighted by Gasteiger charge is -2.32. The summed E-state index contributed by atoms with van der Waals surface area (Å²) in [6.07, 6.45) is 7.60. The number of hydrogen-bond acceptors (Lipinski definition) is 3. The average Bonchev–Trinajstić information content (AvgIpc) is 2.38. The number of unbranched alkanes of at least 4 members (excludes halogenated alkanes) is 3. The molecule has 0 aromatic rings. The molecule has 1 saturated heterocycles. The van der Waals surface area contributed by atoms with Crippen LogP contribution in [0.4, 0.5) is 0 Å². The van der Waals surface area contributed by atoms with Crippen molar-refractivity contribution in [2.24, 2.45) is 11.7 Å². The van der Waals surface area contributed by atoms with Crippen LogP contribution in [0.25, 0.3) is 0 Å². The van der Waals surface area contributed by atoms with Crippen LogP contribution in [0.15, 0.2) is 0 Å². The molecule has 1 rings (SSSR count). The van der Waals surface area contributed by atoms with E-state index in [0.717, 1.165) is 45.3 Å². The Balaban J connectivity index is 0. The molecule has 1 amide bonds. The maximum absolute atomic E-state index is 12.0. The first-order valence-electron chi connectivity index (χ1n) is 7.76. The Morgan fingerprint density at radius 3 is 2.52 bits per heavy atom. The maximum Gasteiger partial charge on any atom is 0.222 e. The van der Waals surface area contributed by atoms with Gasteiger partial charge in [-0.15, -0.1) is 24.8 Å². The third-order valence-electron chi connectivity index (χ3n) is 4.02. The molecule has 0 bridgehead atoms. The van der Waals surface area contributed by atoms with Crippen LogP contribution in [0.2, 0.25) is 0 Å². The van der Waals surface area contributed by atoms with Crippen molar-refractivity contribution >= 4 is 30.7 Å². The summed E-state index contributed by atoms with van der Waals surface area (Å²) < 4.78 is 0. The van der Waals surface area contributed by atoms with Gasteiger partial charge in [-0.05, 0) is 51.7 Å². The molecule has 1 unspecified atom stereocenters. The molecule has 6 heteroatoms. The van der Waals surface area contributed by atoms with Gasteiger partial charge in [0.25, 0.3) is 0 Å². The van der Waals surface area contributed by atoms with E-state index < -0.39 is 0 Å². The summed E-state index contributed by atoms with van der Waals surface area (Å²) >= 11 is 0. The molecule has 0 spiro atoms. The third kappa shape index (κ3) is 10.3. The SMILES string of the molecule is CN1CCCC(CN(C)C(=O)CCCCCCN)C1.Cl.Cl. The molecule has 1 aliphatic heterocycles. The highest BCUT2D eigenvalue weighted by atomic mass is 35.5. The molecule has 1 aliphatic rings. The third-order valence-corrected chi connectivity index (χ3v) is 4.02. The predicted octanol–water partition coefficient (Wildman–Crippen LogP) is 2.54. The van der Waals surface area contributed by atoms with E-state index in [1.807, 2.05) is 11.9 Å². The van der Waals surface area contributed by atoms with Gasteiger partial charge in [-0.25, -0.2) is 0 Å². The van der Waals surface area contributed by atoms with Gasteiger partial charge in [-0.2, -0.15) is 0 Å². The second kappa shape index (κ2) is 13.6. The Labute approximate surface area is 142 Å². The van der Waals surface area contributed by atoms with Crippen molar-refractivity contribution < 1.29 is 4.79 Å². The molecule has 0 radical (unpaired) electrons. The van der Waals surface area contributed by atoms with Gasteiger partial charge < -0.3 is 15.5 Å². The number of carbonyl (C=O) groups is 1. The van der Waals surface area contributed by atoms with Gasteiger partial charge in [-0.3, -0.25) is 4.79 Å². The van der Waals surface area contributed by atoms with E-state index in [1.54, 1.807) is 0 Å². The minimum Gasteiger partial charge on any atom is -0.345 e. The molecule has 21 heavy (non-hydrogen) atoms. The number of piperidine rings is 1. The van der Waals surface area contributed by atoms with Crippen molar-refractivity contribution in [3.8, 4) is 0 Å². The highest BCUT2D eigenvalue weighted by Crippen LogP contribution is 2.16. The second-order valence-corrected chi connectivity index (χ2v) is 6.00. The van der Waals surface area contributed by atoms with Gasteiger partial charge in [0, 0.05) is 26.6 Å². The van der Waals surface area contributed by atoms with Crippen molar-refractivity contribution in [1.82, 2.24) is 9.80 Å². The van der Waals surface area contributed by atoms with Crippen LogP contribution in [0, 0.1) is 5.92 Å². The summed E-state index contributed by atoms with van der Waals surface area (Å²) in [5, 5.41) is 0. The van der Waals surface area contributed by atoms with Gasteiger partial charge in [0.15, 0.2) is 0 Å². The Kier molecular flexibility index (Phi) is 15.1. The highest BCUT2D eigenvalue weighted by Gasteiger charge is 2.20. The summed E-state index contributed by atoms with van der Waals surface area (Å²) in [7, 11) is 4.13. The van der Waals surface area contributed by atoms with Crippen molar-refractivity contribution in [3.05, 3.63) is 0 Å². The molecule has 0 aliphatic carbocycles. The molecule has 1 fully saturated rings. The standard InChI is InChI=1S/C15H31N3O.2ClH/c1-17-11-7-8-14(12-17)13-18(2)15(19)9-5-3-4-6-10-16;;/h14H,3-13,16H2,1-2H3;2*1H. The Morgan fingerprint density at radius 2 is 1.90 bits per heavy atom. The summed E-state index contributed by atoms with van der Waals surface area (Å²) in [6, 6.07) is 0. The lowest BCUT2D eigenvalue weighted by Crippen LogP contribution is -2.39. The first kappa shape index (κ1) is 23.2. The van der Waals surface area contributed by atoms with E-state index in [0.29, 0.717) is 18.2 Å². The zero-order valence-electron chi connectivity index (χ0n) is 13.6. The minimum absolute atomic E-state index is 0. The van der Waals surface area contributed by atoms with Gasteiger partial charge >= 0.3 is 0 Å². The van der Waals surface area contributed by atoms with Crippen LogP contribution in [0.5, 0.6) is 0 Å². The van der Waals surface area contributed by atoms with Gasteiger partial charge in [0.05, 0.1) is 0 Å². The van der Waals surface area contributed by atoms with Crippen molar-refractivity contribution in [3.63, 3.8) is 0 Å². The van der Waals surface area contributed by atoms with E-state index in [1.165, 1.54) is 19.4 Å². The Hall–Kier alpha value is -0.0300. The molecule has 0 aromatic carbocycles. The van der Waals surface area contributed by atoms with Crippen LogP contribution < -0.4 is 5.73 Å². The van der Waals surface area contributed by atoms with E-state index in [4.69, 9.17) is 5.73 Å². The second-order valence-electron chi connectivity index (χ2n) is 6.00. The monoisotopic (exact) mass is 341 g/mol. The number of hydrogen-bond donors (Lipinski definition) is 1. The molecular formula is C15H33Cl2N3O. The van der Waals surface area contributed by atoms with E-state index in [9.17, 15) is 4.79 Å². The molecule has 0 aromatic heterocycles. The van der Waals surface area contributed by atoms with Crippen molar-refractivity contribution in [2.75, 3.05) is 40.3 Å². The lowest BCUT2D eigenvalue weighted by molar-refractivity contribution is -0.130. The van der Waals surface area contributed by atoms with E-state index in [-0.39, 0.29) is 24.8 Å². The summed E-state index contributed by atoms with van der Waals surface area (Å²) in [5.74, 6) is 0.964. The van der Waals surface area contributed by atoms with Gasteiger partial charge in [0.2, 0.25) is 5.91 Å². The number of likely N-dealkylation sites (tertiary alicyclic amines) is 1. The lowest BCUT2D eigenvalue weighted by atomic mass is 9.98. The average molecular weight is 342 g/mol. The summed E-state index contributed by atoms with van der Waals surface area (Å²) in [4.78, 5) is 16.3. The van der Waals surface area contributed by atoms with Crippen LogP contribution in [-0.4, -0.2) is 56.0 Å². The van der Waals surface area contributed by atoms with Gasteiger partial charge in [0.1, 0.15) is 0 Å². The fraction of sp³-hybridized carbons (Fsp3) is 0.933. The normalized spacial score (nSPS) is 18.5. The smallest absolute Gasteiger partial charge is 0.222 e. The molecule has 1 atom stereocenters. The van der Waals surface area contributed by atoms with Crippen LogP contribution in [0.1, 0.15) is 44.9 Å². The van der Waals surface area contributed by atoms with Crippen molar-refractivity contribution in [2.45, 2.75) is 44.9 Å². The number of rotatable bonds is 8. The largest absolute Gasteiger partial charge is 0.345 e. The zero-order chi connectivity index (χ0) is 14.1. The summed E-state index contributed by atoms with van der Waals surface area (Å²) in [5.41, 5.74) is 5.45. The number of nitrogens with zero attached hydrogens (tertiary/aromatic N) is 2. The quantitative estimate of drug-likeness (QED) is 0.690. The first-order valence-corrected chi connectivity index (χ1v) is 7.76. The molecule has 0 saturated carbocycles. The molecule has 128 valence electrons. The Bertz CT molecular complexity index is 267. The minimum atomic E-state index is 0. The van der Waals surface area contributed by atoms with Gasteiger partial charge in [-0.1, -0.05) is 12.8 Å². The first-order chi connectivity index (χ1) is 9.13. The fourth-order valence-corrected chi connectivity index (χ4v) is 2.88. The molecular weight excluding hydrogens is 309 g/mol. The predicted molar refractivity (Wildman–Crippen MR) is 94.5 cm³/mol. The highest BCUT2D eigenvalue weighted by molar-refractivity contribution is 5.85. The van der Waals surface area contributed by atoms with Crippen LogP contribution in [-0.2, 0) is 4.79 Å². The van der Waals surface area contributed by atoms with E-state index >= 15 is 0 Å². The molecule has 2 N–H and O–H groups in total. The number of halogens is 2. The van der Waals surface area contributed by atoms with Crippen LogP contribution in [0.3, 0.4) is 0 Å². The summed E-state index contributed by atoms with van der Waals surface area (Å²) in [6.45, 7) is 4.03. The zero-order valence-corrected chi connectivity index (χ0v) is 15.2. The topological polar surface area (TPSA) is 49.6 Å².